The van der Waals surface area contributed by atoms with Crippen LogP contribution in [0.1, 0.15) is 88.9 Å². The molecule has 2 aromatic carbocycles. The van der Waals surface area contributed by atoms with Gasteiger partial charge in [0.15, 0.2) is 0 Å². The first-order chi connectivity index (χ1) is 16.6. The zero-order chi connectivity index (χ0) is 25.9. The highest BCUT2D eigenvalue weighted by atomic mass is 35.5. The average molecular weight is 574 g/mol. The lowest BCUT2D eigenvalue weighted by Crippen LogP contribution is -2.44. The van der Waals surface area contributed by atoms with Gasteiger partial charge in [-0.05, 0) is 98.8 Å². The van der Waals surface area contributed by atoms with E-state index in [0.717, 1.165) is 23.1 Å². The van der Waals surface area contributed by atoms with Crippen LogP contribution in [0.4, 0.5) is 0 Å². The summed E-state index contributed by atoms with van der Waals surface area (Å²) in [6.07, 6.45) is 4.74. The first kappa shape index (κ1) is 31.2. The van der Waals surface area contributed by atoms with Gasteiger partial charge in [0, 0.05) is 21.1 Å². The van der Waals surface area contributed by atoms with E-state index in [4.69, 9.17) is 23.2 Å². The Balaban J connectivity index is 2.22. The number of rotatable bonds is 16. The van der Waals surface area contributed by atoms with Gasteiger partial charge in [0.1, 0.15) is 0 Å². The molecule has 0 aliphatic rings. The van der Waals surface area contributed by atoms with Crippen LogP contribution in [0.3, 0.4) is 0 Å². The number of halogens is 2. The Hall–Kier alpha value is -0.0100. The molecule has 2 rings (SSSR count). The summed E-state index contributed by atoms with van der Waals surface area (Å²) >= 11 is 12.4. The van der Waals surface area contributed by atoms with E-state index in [0.29, 0.717) is 0 Å². The second kappa shape index (κ2) is 15.4. The minimum absolute atomic E-state index is 0.0636. The fourth-order valence-corrected chi connectivity index (χ4v) is 10.1. The molecule has 0 saturated heterocycles. The van der Waals surface area contributed by atoms with Crippen LogP contribution < -0.4 is 10.6 Å². The molecule has 0 aromatic heterocycles. The SMILES string of the molecule is CCCCNC(C)(C)C(SSSC(c1ccc(Cl)cc1)C(C)(C)NCCCC)c1ccc(Cl)cc1. The minimum atomic E-state index is -0.0636. The van der Waals surface area contributed by atoms with Crippen molar-refractivity contribution in [3.8, 4) is 0 Å². The van der Waals surface area contributed by atoms with Gasteiger partial charge in [-0.1, -0.05) is 95.7 Å². The van der Waals surface area contributed by atoms with E-state index in [9.17, 15) is 0 Å². The molecule has 0 aliphatic heterocycles. The second-order valence-corrected chi connectivity index (χ2v) is 15.3. The first-order valence-corrected chi connectivity index (χ1v) is 17.0. The van der Waals surface area contributed by atoms with Crippen LogP contribution in [0.5, 0.6) is 0 Å². The largest absolute Gasteiger partial charge is 0.310 e. The Morgan fingerprint density at radius 1 is 0.657 bits per heavy atom. The normalized spacial score (nSPS) is 14.2. The van der Waals surface area contributed by atoms with Gasteiger partial charge < -0.3 is 10.6 Å². The molecule has 2 aromatic rings. The topological polar surface area (TPSA) is 24.1 Å². The van der Waals surface area contributed by atoms with Crippen LogP contribution in [0.25, 0.3) is 0 Å². The zero-order valence-electron chi connectivity index (χ0n) is 22.0. The van der Waals surface area contributed by atoms with E-state index in [1.165, 1.54) is 36.8 Å². The van der Waals surface area contributed by atoms with Gasteiger partial charge in [0.2, 0.25) is 0 Å². The molecule has 196 valence electrons. The molecule has 0 fully saturated rings. The molecular formula is C28H42Cl2N2S3. The molecule has 2 unspecified atom stereocenters. The summed E-state index contributed by atoms with van der Waals surface area (Å²) in [6, 6.07) is 16.7. The summed E-state index contributed by atoms with van der Waals surface area (Å²) in [5.74, 6) is 0. The molecule has 0 bridgehead atoms. The molecule has 2 atom stereocenters. The van der Waals surface area contributed by atoms with E-state index in [1.54, 1.807) is 0 Å². The Bertz CT molecular complexity index is 786. The van der Waals surface area contributed by atoms with Gasteiger partial charge in [-0.25, -0.2) is 0 Å². The van der Waals surface area contributed by atoms with Crippen LogP contribution in [-0.4, -0.2) is 24.2 Å². The molecule has 2 nitrogen and oxygen atoms in total. The van der Waals surface area contributed by atoms with E-state index in [1.807, 2.05) is 55.7 Å². The fraction of sp³-hybridized carbons (Fsp3) is 0.571. The van der Waals surface area contributed by atoms with Crippen LogP contribution in [0, 0.1) is 0 Å². The Kier molecular flexibility index (Phi) is 13.7. The second-order valence-electron chi connectivity index (χ2n) is 10.1. The van der Waals surface area contributed by atoms with Crippen LogP contribution in [0.2, 0.25) is 10.0 Å². The highest BCUT2D eigenvalue weighted by Crippen LogP contribution is 2.55. The van der Waals surface area contributed by atoms with Crippen molar-refractivity contribution in [1.29, 1.82) is 0 Å². The molecular weight excluding hydrogens is 531 g/mol. The van der Waals surface area contributed by atoms with Crippen molar-refractivity contribution >= 4 is 54.6 Å². The average Bonchev–Trinajstić information content (AvgIpc) is 2.81. The lowest BCUT2D eigenvalue weighted by Gasteiger charge is -2.37. The predicted molar refractivity (Wildman–Crippen MR) is 165 cm³/mol. The Labute approximate surface area is 235 Å². The highest BCUT2D eigenvalue weighted by Gasteiger charge is 2.34. The zero-order valence-corrected chi connectivity index (χ0v) is 26.0. The van der Waals surface area contributed by atoms with Crippen molar-refractivity contribution in [2.24, 2.45) is 0 Å². The van der Waals surface area contributed by atoms with Gasteiger partial charge in [-0.15, -0.1) is 0 Å². The van der Waals surface area contributed by atoms with E-state index in [2.05, 4.69) is 76.4 Å². The number of unbranched alkanes of at least 4 members (excludes halogenated alkanes) is 2. The third-order valence-electron chi connectivity index (χ3n) is 6.15. The maximum Gasteiger partial charge on any atom is 0.0585 e. The van der Waals surface area contributed by atoms with Gasteiger partial charge in [0.25, 0.3) is 0 Å². The standard InChI is InChI=1S/C28H42Cl2N2S3/c1-7-9-19-31-27(3,4)25(21-11-15-23(29)16-12-21)33-35-34-26(22-13-17-24(30)18-14-22)28(5,6)32-20-10-8-2/h11-18,25-26,31-32H,7-10,19-20H2,1-6H3. The third-order valence-corrected chi connectivity index (χ3v) is 12.0. The maximum absolute atomic E-state index is 6.21. The highest BCUT2D eigenvalue weighted by molar-refractivity contribution is 9.09. The van der Waals surface area contributed by atoms with Crippen molar-refractivity contribution in [3.63, 3.8) is 0 Å². The molecule has 0 spiro atoms. The number of hydrogen-bond acceptors (Lipinski definition) is 5. The van der Waals surface area contributed by atoms with Crippen LogP contribution >= 0.6 is 54.6 Å². The number of benzene rings is 2. The summed E-state index contributed by atoms with van der Waals surface area (Å²) in [6.45, 7) is 15.8. The molecule has 2 N–H and O–H groups in total. The number of nitrogens with one attached hydrogen (secondary N) is 2. The molecule has 35 heavy (non-hydrogen) atoms. The van der Waals surface area contributed by atoms with Crippen molar-refractivity contribution in [1.82, 2.24) is 10.6 Å². The predicted octanol–water partition coefficient (Wildman–Crippen LogP) is 10.1. The van der Waals surface area contributed by atoms with Crippen molar-refractivity contribution in [2.45, 2.75) is 88.8 Å². The quantitative estimate of drug-likeness (QED) is 0.154. The fourth-order valence-electron chi connectivity index (χ4n) is 3.92. The summed E-state index contributed by atoms with van der Waals surface area (Å²) < 4.78 is 0. The van der Waals surface area contributed by atoms with Crippen molar-refractivity contribution in [2.75, 3.05) is 13.1 Å². The molecule has 0 saturated carbocycles. The van der Waals surface area contributed by atoms with E-state index in [-0.39, 0.29) is 21.6 Å². The van der Waals surface area contributed by atoms with Crippen LogP contribution in [-0.2, 0) is 0 Å². The first-order valence-electron chi connectivity index (χ1n) is 12.6. The van der Waals surface area contributed by atoms with Crippen molar-refractivity contribution < 1.29 is 0 Å². The minimum Gasteiger partial charge on any atom is -0.310 e. The van der Waals surface area contributed by atoms with E-state index >= 15 is 0 Å². The molecule has 7 heteroatoms. The third kappa shape index (κ3) is 10.3. The van der Waals surface area contributed by atoms with E-state index < -0.39 is 0 Å². The van der Waals surface area contributed by atoms with Gasteiger partial charge in [-0.3, -0.25) is 0 Å². The van der Waals surface area contributed by atoms with Gasteiger partial charge >= 0.3 is 0 Å². The summed E-state index contributed by atoms with van der Waals surface area (Å²) in [5, 5.41) is 9.72. The summed E-state index contributed by atoms with van der Waals surface area (Å²) in [5.41, 5.74) is 2.47. The molecule has 0 aliphatic carbocycles. The number of hydrogen-bond donors (Lipinski definition) is 2. The van der Waals surface area contributed by atoms with Crippen molar-refractivity contribution in [3.05, 3.63) is 69.7 Å². The Morgan fingerprint density at radius 3 is 1.31 bits per heavy atom. The Morgan fingerprint density at radius 2 is 1.00 bits per heavy atom. The summed E-state index contributed by atoms with van der Waals surface area (Å²) in [7, 11) is 5.76. The van der Waals surface area contributed by atoms with Crippen LogP contribution in [0.15, 0.2) is 48.5 Å². The smallest absolute Gasteiger partial charge is 0.0585 e. The lowest BCUT2D eigenvalue weighted by molar-refractivity contribution is 0.377. The maximum atomic E-state index is 6.21. The summed E-state index contributed by atoms with van der Waals surface area (Å²) in [4.78, 5) is 0. The molecule has 0 amide bonds. The lowest BCUT2D eigenvalue weighted by atomic mass is 9.94. The van der Waals surface area contributed by atoms with Gasteiger partial charge in [-0.2, -0.15) is 0 Å². The van der Waals surface area contributed by atoms with Gasteiger partial charge in [0.05, 0.1) is 10.5 Å². The monoisotopic (exact) mass is 572 g/mol. The molecule has 0 radical (unpaired) electrons. The molecule has 0 heterocycles.